The van der Waals surface area contributed by atoms with Crippen molar-refractivity contribution in [1.82, 2.24) is 19.9 Å². The summed E-state index contributed by atoms with van der Waals surface area (Å²) >= 11 is 1.51. The normalized spacial score (nSPS) is 18.2. The van der Waals surface area contributed by atoms with Crippen molar-refractivity contribution in [3.8, 4) is 0 Å². The van der Waals surface area contributed by atoms with Crippen molar-refractivity contribution in [2.45, 2.75) is 25.8 Å². The summed E-state index contributed by atoms with van der Waals surface area (Å²) in [6.07, 6.45) is 6.97. The summed E-state index contributed by atoms with van der Waals surface area (Å²) < 4.78 is 0. The lowest BCUT2D eigenvalue weighted by Gasteiger charge is -2.23. The molecule has 0 saturated carbocycles. The van der Waals surface area contributed by atoms with Gasteiger partial charge in [-0.2, -0.15) is 0 Å². The van der Waals surface area contributed by atoms with Gasteiger partial charge < -0.3 is 10.2 Å². The maximum atomic E-state index is 11.7. The van der Waals surface area contributed by atoms with Crippen molar-refractivity contribution in [3.05, 3.63) is 29.7 Å². The zero-order valence-electron chi connectivity index (χ0n) is 11.1. The SMILES string of the molecule is CC(=O)N1CCC[C@H]1c1nccnc1Nc1nccs1. The van der Waals surface area contributed by atoms with Gasteiger partial charge in [0.2, 0.25) is 5.91 Å². The molecular formula is C13H15N5OS. The Morgan fingerprint density at radius 1 is 1.35 bits per heavy atom. The number of hydrogen-bond donors (Lipinski definition) is 1. The van der Waals surface area contributed by atoms with E-state index in [4.69, 9.17) is 0 Å². The number of anilines is 2. The molecule has 3 rings (SSSR count). The lowest BCUT2D eigenvalue weighted by molar-refractivity contribution is -0.129. The molecule has 0 aromatic carbocycles. The number of carbonyl (C=O) groups excluding carboxylic acids is 1. The summed E-state index contributed by atoms with van der Waals surface area (Å²) in [7, 11) is 0. The highest BCUT2D eigenvalue weighted by molar-refractivity contribution is 7.13. The molecule has 0 aliphatic carbocycles. The Balaban J connectivity index is 1.91. The highest BCUT2D eigenvalue weighted by atomic mass is 32.1. The Morgan fingerprint density at radius 3 is 2.95 bits per heavy atom. The molecule has 0 bridgehead atoms. The number of hydrogen-bond acceptors (Lipinski definition) is 6. The van der Waals surface area contributed by atoms with Gasteiger partial charge in [0.25, 0.3) is 0 Å². The minimum absolute atomic E-state index is 0.00339. The average Bonchev–Trinajstić information content (AvgIpc) is 3.09. The highest BCUT2D eigenvalue weighted by Gasteiger charge is 2.31. The molecule has 1 N–H and O–H groups in total. The van der Waals surface area contributed by atoms with Gasteiger partial charge in [0.05, 0.1) is 6.04 Å². The topological polar surface area (TPSA) is 71.0 Å². The first-order chi connectivity index (χ1) is 9.75. The predicted octanol–water partition coefficient (Wildman–Crippen LogP) is 2.36. The maximum Gasteiger partial charge on any atom is 0.220 e. The minimum Gasteiger partial charge on any atom is -0.334 e. The maximum absolute atomic E-state index is 11.7. The third-order valence-electron chi connectivity index (χ3n) is 3.36. The van der Waals surface area contributed by atoms with Crippen LogP contribution in [0.2, 0.25) is 0 Å². The van der Waals surface area contributed by atoms with Gasteiger partial charge in [-0.1, -0.05) is 0 Å². The molecule has 2 aromatic rings. The fourth-order valence-electron chi connectivity index (χ4n) is 2.50. The van der Waals surface area contributed by atoms with E-state index in [1.165, 1.54) is 11.3 Å². The van der Waals surface area contributed by atoms with Gasteiger partial charge in [-0.3, -0.25) is 9.78 Å². The Kier molecular flexibility index (Phi) is 3.60. The van der Waals surface area contributed by atoms with E-state index in [1.807, 2.05) is 10.3 Å². The number of thiazole rings is 1. The second-order valence-electron chi connectivity index (χ2n) is 4.62. The molecule has 1 saturated heterocycles. The van der Waals surface area contributed by atoms with Crippen LogP contribution in [0.25, 0.3) is 0 Å². The molecule has 20 heavy (non-hydrogen) atoms. The van der Waals surface area contributed by atoms with Crippen molar-refractivity contribution in [2.24, 2.45) is 0 Å². The van der Waals surface area contributed by atoms with Gasteiger partial charge in [0.15, 0.2) is 10.9 Å². The Labute approximate surface area is 120 Å². The number of likely N-dealkylation sites (tertiary alicyclic amines) is 1. The molecule has 0 spiro atoms. The first-order valence-corrected chi connectivity index (χ1v) is 7.38. The number of rotatable bonds is 3. The van der Waals surface area contributed by atoms with Crippen LogP contribution in [0.15, 0.2) is 24.0 Å². The fourth-order valence-corrected chi connectivity index (χ4v) is 3.03. The van der Waals surface area contributed by atoms with Gasteiger partial charge >= 0.3 is 0 Å². The molecule has 7 heteroatoms. The first-order valence-electron chi connectivity index (χ1n) is 6.50. The van der Waals surface area contributed by atoms with E-state index in [9.17, 15) is 4.79 Å². The summed E-state index contributed by atoms with van der Waals surface area (Å²) in [4.78, 5) is 26.5. The predicted molar refractivity (Wildman–Crippen MR) is 76.8 cm³/mol. The van der Waals surface area contributed by atoms with Crippen molar-refractivity contribution >= 4 is 28.2 Å². The molecule has 0 unspecified atom stereocenters. The largest absolute Gasteiger partial charge is 0.334 e. The standard InChI is InChI=1S/C13H15N5OS/c1-9(19)18-7-2-3-10(18)11-12(15-5-4-14-11)17-13-16-6-8-20-13/h4-6,8,10H,2-3,7H2,1H3,(H,15,16,17)/t10-/m0/s1. The summed E-state index contributed by atoms with van der Waals surface area (Å²) in [5.41, 5.74) is 0.815. The van der Waals surface area contributed by atoms with Crippen LogP contribution in [0.5, 0.6) is 0 Å². The molecule has 2 aromatic heterocycles. The van der Waals surface area contributed by atoms with E-state index in [-0.39, 0.29) is 11.9 Å². The average molecular weight is 289 g/mol. The lowest BCUT2D eigenvalue weighted by Crippen LogP contribution is -2.29. The quantitative estimate of drug-likeness (QED) is 0.939. The van der Waals surface area contributed by atoms with Crippen LogP contribution in [0, 0.1) is 0 Å². The zero-order valence-corrected chi connectivity index (χ0v) is 11.9. The van der Waals surface area contributed by atoms with E-state index in [1.54, 1.807) is 25.5 Å². The third kappa shape index (κ3) is 2.49. The van der Waals surface area contributed by atoms with Gasteiger partial charge in [-0.05, 0) is 12.8 Å². The van der Waals surface area contributed by atoms with Crippen LogP contribution in [0.1, 0.15) is 31.5 Å². The first kappa shape index (κ1) is 13.0. The molecule has 1 amide bonds. The molecule has 1 fully saturated rings. The van der Waals surface area contributed by atoms with Crippen molar-refractivity contribution in [3.63, 3.8) is 0 Å². The Bertz CT molecular complexity index is 601. The number of amides is 1. The van der Waals surface area contributed by atoms with Crippen LogP contribution >= 0.6 is 11.3 Å². The van der Waals surface area contributed by atoms with E-state index >= 15 is 0 Å². The Hall–Kier alpha value is -2.02. The van der Waals surface area contributed by atoms with Crippen molar-refractivity contribution in [2.75, 3.05) is 11.9 Å². The summed E-state index contributed by atoms with van der Waals surface area (Å²) in [5, 5.41) is 5.86. The van der Waals surface area contributed by atoms with Gasteiger partial charge in [-0.15, -0.1) is 11.3 Å². The van der Waals surface area contributed by atoms with Crippen LogP contribution in [0.3, 0.4) is 0 Å². The minimum atomic E-state index is 0.00339. The molecule has 0 radical (unpaired) electrons. The third-order valence-corrected chi connectivity index (χ3v) is 4.05. The van der Waals surface area contributed by atoms with Gasteiger partial charge in [-0.25, -0.2) is 9.97 Å². The van der Waals surface area contributed by atoms with E-state index < -0.39 is 0 Å². The fraction of sp³-hybridized carbons (Fsp3) is 0.385. The van der Waals surface area contributed by atoms with E-state index in [2.05, 4.69) is 20.3 Å². The smallest absolute Gasteiger partial charge is 0.220 e. The van der Waals surface area contributed by atoms with E-state index in [0.717, 1.165) is 30.2 Å². The lowest BCUT2D eigenvalue weighted by atomic mass is 10.1. The van der Waals surface area contributed by atoms with Gasteiger partial charge in [0, 0.05) is 37.4 Å². The molecule has 104 valence electrons. The monoisotopic (exact) mass is 289 g/mol. The highest BCUT2D eigenvalue weighted by Crippen LogP contribution is 2.34. The van der Waals surface area contributed by atoms with Gasteiger partial charge in [0.1, 0.15) is 5.69 Å². The van der Waals surface area contributed by atoms with Crippen LogP contribution in [-0.4, -0.2) is 32.3 Å². The summed E-state index contributed by atoms with van der Waals surface area (Å²) in [5.74, 6) is 0.763. The summed E-state index contributed by atoms with van der Waals surface area (Å²) in [6.45, 7) is 2.38. The van der Waals surface area contributed by atoms with Crippen LogP contribution in [0.4, 0.5) is 10.9 Å². The Morgan fingerprint density at radius 2 is 2.20 bits per heavy atom. The molecule has 6 nitrogen and oxygen atoms in total. The van der Waals surface area contributed by atoms with Crippen molar-refractivity contribution < 1.29 is 4.79 Å². The summed E-state index contributed by atoms with van der Waals surface area (Å²) in [6, 6.07) is 0.00339. The number of carbonyl (C=O) groups is 1. The van der Waals surface area contributed by atoms with Crippen molar-refractivity contribution in [1.29, 1.82) is 0 Å². The molecule has 3 heterocycles. The van der Waals surface area contributed by atoms with Crippen LogP contribution in [-0.2, 0) is 4.79 Å². The molecule has 1 atom stereocenters. The number of nitrogens with one attached hydrogen (secondary N) is 1. The molecule has 1 aliphatic heterocycles. The number of nitrogens with zero attached hydrogens (tertiary/aromatic N) is 4. The van der Waals surface area contributed by atoms with Crippen LogP contribution < -0.4 is 5.32 Å². The number of aromatic nitrogens is 3. The second-order valence-corrected chi connectivity index (χ2v) is 5.52. The second kappa shape index (κ2) is 5.54. The zero-order chi connectivity index (χ0) is 13.9. The molecule has 1 aliphatic rings. The molecular weight excluding hydrogens is 274 g/mol. The van der Waals surface area contributed by atoms with E-state index in [0.29, 0.717) is 5.82 Å².